The Morgan fingerprint density at radius 3 is 3.00 bits per heavy atom. The zero-order valence-corrected chi connectivity index (χ0v) is 8.69. The number of hydrogen-bond donors (Lipinski definition) is 1. The van der Waals surface area contributed by atoms with Crippen molar-refractivity contribution in [2.75, 3.05) is 0 Å². The van der Waals surface area contributed by atoms with Crippen molar-refractivity contribution in [2.45, 2.75) is 25.9 Å². The summed E-state index contributed by atoms with van der Waals surface area (Å²) in [7, 11) is 0. The van der Waals surface area contributed by atoms with Gasteiger partial charge in [0, 0.05) is 6.54 Å². The summed E-state index contributed by atoms with van der Waals surface area (Å²) in [6.45, 7) is 3.77. The number of aromatic nitrogens is 4. The lowest BCUT2D eigenvalue weighted by Gasteiger charge is -2.04. The predicted octanol–water partition coefficient (Wildman–Crippen LogP) is 0.182. The van der Waals surface area contributed by atoms with Gasteiger partial charge in [0.15, 0.2) is 11.7 Å². The van der Waals surface area contributed by atoms with Crippen molar-refractivity contribution in [3.05, 3.63) is 18.2 Å². The van der Waals surface area contributed by atoms with Gasteiger partial charge in [-0.3, -0.25) is 4.79 Å². The standard InChI is InChI=1S/C9H12FN5O/c1-6(10)9(16)11-4-8-12-13-14-15(8)5-7-2-3-7/h7H,1-5H2,(H,11,16). The summed E-state index contributed by atoms with van der Waals surface area (Å²) in [6.07, 6.45) is 2.37. The molecule has 1 aliphatic rings. The number of nitrogens with one attached hydrogen (secondary N) is 1. The largest absolute Gasteiger partial charge is 0.343 e. The van der Waals surface area contributed by atoms with Gasteiger partial charge in [-0.25, -0.2) is 9.07 Å². The van der Waals surface area contributed by atoms with Gasteiger partial charge in [-0.15, -0.1) is 5.10 Å². The normalized spacial score (nSPS) is 14.8. The lowest BCUT2D eigenvalue weighted by molar-refractivity contribution is -0.119. The molecule has 0 unspecified atom stereocenters. The molecule has 0 atom stereocenters. The molecule has 16 heavy (non-hydrogen) atoms. The second kappa shape index (κ2) is 4.38. The minimum absolute atomic E-state index is 0.113. The molecule has 1 fully saturated rings. The monoisotopic (exact) mass is 225 g/mol. The molecule has 6 nitrogen and oxygen atoms in total. The van der Waals surface area contributed by atoms with Crippen LogP contribution >= 0.6 is 0 Å². The Balaban J connectivity index is 1.90. The topological polar surface area (TPSA) is 72.7 Å². The number of carbonyl (C=O) groups excluding carboxylic acids is 1. The third kappa shape index (κ3) is 2.62. The van der Waals surface area contributed by atoms with E-state index in [1.807, 2.05) is 0 Å². The Hall–Kier alpha value is -1.79. The molecule has 0 aromatic carbocycles. The van der Waals surface area contributed by atoms with E-state index in [1.54, 1.807) is 4.68 Å². The highest BCUT2D eigenvalue weighted by atomic mass is 19.1. The van der Waals surface area contributed by atoms with E-state index in [2.05, 4.69) is 27.4 Å². The lowest BCUT2D eigenvalue weighted by atomic mass is 10.4. The number of carbonyl (C=O) groups is 1. The van der Waals surface area contributed by atoms with Gasteiger partial charge >= 0.3 is 0 Å². The van der Waals surface area contributed by atoms with Crippen LogP contribution in [0.1, 0.15) is 18.7 Å². The van der Waals surface area contributed by atoms with Crippen LogP contribution < -0.4 is 5.32 Å². The molecule has 1 amide bonds. The van der Waals surface area contributed by atoms with Crippen molar-refractivity contribution in [2.24, 2.45) is 5.92 Å². The van der Waals surface area contributed by atoms with Crippen LogP contribution in [0.2, 0.25) is 0 Å². The van der Waals surface area contributed by atoms with Crippen LogP contribution in [0.5, 0.6) is 0 Å². The van der Waals surface area contributed by atoms with E-state index in [0.717, 1.165) is 6.54 Å². The highest BCUT2D eigenvalue weighted by molar-refractivity contribution is 5.90. The fraction of sp³-hybridized carbons (Fsp3) is 0.556. The number of tetrazole rings is 1. The molecule has 0 spiro atoms. The second-order valence-electron chi connectivity index (χ2n) is 3.81. The van der Waals surface area contributed by atoms with Crippen LogP contribution in [0.15, 0.2) is 12.4 Å². The Labute approximate surface area is 91.5 Å². The van der Waals surface area contributed by atoms with Gasteiger partial charge in [-0.2, -0.15) is 0 Å². The summed E-state index contributed by atoms with van der Waals surface area (Å²) in [5.74, 6) is -0.683. The van der Waals surface area contributed by atoms with Gasteiger partial charge in [-0.05, 0) is 29.2 Å². The molecule has 1 aliphatic carbocycles. The van der Waals surface area contributed by atoms with E-state index in [4.69, 9.17) is 0 Å². The summed E-state index contributed by atoms with van der Waals surface area (Å²) < 4.78 is 14.0. The maximum Gasteiger partial charge on any atom is 0.279 e. The minimum atomic E-state index is -1.01. The molecular formula is C9H12FN5O. The molecule has 1 N–H and O–H groups in total. The number of hydrogen-bond acceptors (Lipinski definition) is 4. The molecule has 0 bridgehead atoms. The van der Waals surface area contributed by atoms with Crippen LogP contribution in [0.25, 0.3) is 0 Å². The zero-order valence-electron chi connectivity index (χ0n) is 8.69. The van der Waals surface area contributed by atoms with Crippen LogP contribution in [0.3, 0.4) is 0 Å². The van der Waals surface area contributed by atoms with Gasteiger partial charge in [0.1, 0.15) is 0 Å². The predicted molar refractivity (Wildman–Crippen MR) is 52.6 cm³/mol. The molecule has 1 saturated carbocycles. The van der Waals surface area contributed by atoms with E-state index in [1.165, 1.54) is 12.8 Å². The van der Waals surface area contributed by atoms with E-state index >= 15 is 0 Å². The maximum atomic E-state index is 12.4. The number of amides is 1. The van der Waals surface area contributed by atoms with Gasteiger partial charge in [0.25, 0.3) is 5.91 Å². The summed E-state index contributed by atoms with van der Waals surface area (Å²) in [4.78, 5) is 10.9. The molecular weight excluding hydrogens is 213 g/mol. The Bertz CT molecular complexity index is 412. The van der Waals surface area contributed by atoms with E-state index < -0.39 is 11.7 Å². The smallest absolute Gasteiger partial charge is 0.279 e. The molecule has 0 radical (unpaired) electrons. The summed E-state index contributed by atoms with van der Waals surface area (Å²) in [5.41, 5.74) is 0. The Kier molecular flexibility index (Phi) is 2.93. The summed E-state index contributed by atoms with van der Waals surface area (Å²) in [6, 6.07) is 0. The third-order valence-corrected chi connectivity index (χ3v) is 2.39. The third-order valence-electron chi connectivity index (χ3n) is 2.39. The van der Waals surface area contributed by atoms with Gasteiger partial charge < -0.3 is 5.32 Å². The Morgan fingerprint density at radius 1 is 1.62 bits per heavy atom. The first-order valence-electron chi connectivity index (χ1n) is 5.04. The van der Waals surface area contributed by atoms with Crippen LogP contribution in [0, 0.1) is 5.92 Å². The first-order chi connectivity index (χ1) is 7.66. The van der Waals surface area contributed by atoms with Gasteiger partial charge in [0.2, 0.25) is 0 Å². The average Bonchev–Trinajstić information content (AvgIpc) is 2.94. The van der Waals surface area contributed by atoms with Crippen LogP contribution in [-0.4, -0.2) is 26.1 Å². The van der Waals surface area contributed by atoms with E-state index in [9.17, 15) is 9.18 Å². The average molecular weight is 225 g/mol. The molecule has 0 aliphatic heterocycles. The van der Waals surface area contributed by atoms with Crippen molar-refractivity contribution in [1.29, 1.82) is 0 Å². The van der Waals surface area contributed by atoms with E-state index in [-0.39, 0.29) is 6.54 Å². The van der Waals surface area contributed by atoms with Crippen LogP contribution in [-0.2, 0) is 17.9 Å². The highest BCUT2D eigenvalue weighted by Crippen LogP contribution is 2.30. The van der Waals surface area contributed by atoms with E-state index in [0.29, 0.717) is 11.7 Å². The molecule has 1 heterocycles. The quantitative estimate of drug-likeness (QED) is 0.726. The Morgan fingerprint density at radius 2 is 2.38 bits per heavy atom. The molecule has 1 aromatic heterocycles. The highest BCUT2D eigenvalue weighted by Gasteiger charge is 2.23. The molecule has 1 aromatic rings. The molecule has 7 heteroatoms. The zero-order chi connectivity index (χ0) is 11.5. The first-order valence-corrected chi connectivity index (χ1v) is 5.04. The SMILES string of the molecule is C=C(F)C(=O)NCc1nnnn1CC1CC1. The second-order valence-corrected chi connectivity index (χ2v) is 3.81. The first kappa shape index (κ1) is 10.7. The molecule has 0 saturated heterocycles. The number of halogens is 1. The maximum absolute atomic E-state index is 12.4. The fourth-order valence-electron chi connectivity index (χ4n) is 1.29. The fourth-order valence-corrected chi connectivity index (χ4v) is 1.29. The molecule has 86 valence electrons. The van der Waals surface area contributed by atoms with Crippen molar-refractivity contribution < 1.29 is 9.18 Å². The van der Waals surface area contributed by atoms with Gasteiger partial charge in [0.05, 0.1) is 6.54 Å². The molecule has 2 rings (SSSR count). The lowest BCUT2D eigenvalue weighted by Crippen LogP contribution is -2.25. The minimum Gasteiger partial charge on any atom is -0.343 e. The summed E-state index contributed by atoms with van der Waals surface area (Å²) in [5, 5.41) is 13.4. The van der Waals surface area contributed by atoms with Crippen molar-refractivity contribution >= 4 is 5.91 Å². The van der Waals surface area contributed by atoms with Crippen molar-refractivity contribution in [3.8, 4) is 0 Å². The number of nitrogens with zero attached hydrogens (tertiary/aromatic N) is 4. The number of rotatable bonds is 5. The van der Waals surface area contributed by atoms with Crippen molar-refractivity contribution in [3.63, 3.8) is 0 Å². The van der Waals surface area contributed by atoms with Crippen molar-refractivity contribution in [1.82, 2.24) is 25.5 Å². The summed E-state index contributed by atoms with van der Waals surface area (Å²) >= 11 is 0. The van der Waals surface area contributed by atoms with Crippen LogP contribution in [0.4, 0.5) is 4.39 Å². The van der Waals surface area contributed by atoms with Gasteiger partial charge in [-0.1, -0.05) is 6.58 Å².